The SMILES string of the molecule is C=NNC(=O)/N=C(\C)c1ccccc1C. The Balaban J connectivity index is 2.94. The van der Waals surface area contributed by atoms with Crippen LogP contribution in [-0.2, 0) is 0 Å². The summed E-state index contributed by atoms with van der Waals surface area (Å²) in [6.07, 6.45) is 0. The fraction of sp³-hybridized carbons (Fsp3) is 0.182. The Morgan fingerprint density at radius 2 is 2.07 bits per heavy atom. The molecule has 78 valence electrons. The fourth-order valence-electron chi connectivity index (χ4n) is 1.28. The van der Waals surface area contributed by atoms with E-state index < -0.39 is 6.03 Å². The molecule has 1 rings (SSSR count). The van der Waals surface area contributed by atoms with Gasteiger partial charge in [0.05, 0.1) is 5.71 Å². The number of aryl methyl sites for hydroxylation is 1. The van der Waals surface area contributed by atoms with Crippen LogP contribution in [-0.4, -0.2) is 18.5 Å². The predicted molar refractivity (Wildman–Crippen MR) is 61.5 cm³/mol. The molecule has 0 saturated carbocycles. The highest BCUT2D eigenvalue weighted by molar-refractivity contribution is 6.05. The molecule has 4 heteroatoms. The molecular formula is C11H13N3O. The average molecular weight is 203 g/mol. The van der Waals surface area contributed by atoms with Crippen molar-refractivity contribution in [3.8, 4) is 0 Å². The van der Waals surface area contributed by atoms with Gasteiger partial charge in [-0.3, -0.25) is 0 Å². The van der Waals surface area contributed by atoms with Gasteiger partial charge in [-0.1, -0.05) is 24.3 Å². The molecule has 4 nitrogen and oxygen atoms in total. The maximum Gasteiger partial charge on any atom is 0.361 e. The van der Waals surface area contributed by atoms with Crippen LogP contribution >= 0.6 is 0 Å². The minimum Gasteiger partial charge on any atom is -0.244 e. The molecule has 1 aromatic rings. The van der Waals surface area contributed by atoms with Gasteiger partial charge < -0.3 is 0 Å². The topological polar surface area (TPSA) is 53.8 Å². The number of hydrazone groups is 1. The number of nitrogens with one attached hydrogen (secondary N) is 1. The number of rotatable bonds is 2. The zero-order chi connectivity index (χ0) is 11.3. The van der Waals surface area contributed by atoms with Crippen LogP contribution in [0.5, 0.6) is 0 Å². The van der Waals surface area contributed by atoms with Crippen LogP contribution < -0.4 is 5.43 Å². The van der Waals surface area contributed by atoms with Gasteiger partial charge in [-0.15, -0.1) is 0 Å². The molecule has 0 unspecified atom stereocenters. The van der Waals surface area contributed by atoms with Gasteiger partial charge in [-0.2, -0.15) is 10.1 Å². The molecule has 0 spiro atoms. The number of urea groups is 1. The van der Waals surface area contributed by atoms with E-state index in [4.69, 9.17) is 0 Å². The van der Waals surface area contributed by atoms with E-state index in [0.717, 1.165) is 11.1 Å². The summed E-state index contributed by atoms with van der Waals surface area (Å²) < 4.78 is 0. The lowest BCUT2D eigenvalue weighted by Gasteiger charge is -2.03. The van der Waals surface area contributed by atoms with Gasteiger partial charge in [0.2, 0.25) is 0 Å². The molecule has 0 aliphatic carbocycles. The molecule has 0 aromatic heterocycles. The Morgan fingerprint density at radius 3 is 2.67 bits per heavy atom. The van der Waals surface area contributed by atoms with E-state index in [9.17, 15) is 4.79 Å². The van der Waals surface area contributed by atoms with E-state index in [1.54, 1.807) is 6.92 Å². The highest BCUT2D eigenvalue weighted by Gasteiger charge is 2.02. The Labute approximate surface area is 88.7 Å². The third-order valence-corrected chi connectivity index (χ3v) is 1.98. The molecule has 0 atom stereocenters. The molecule has 0 fully saturated rings. The van der Waals surface area contributed by atoms with Gasteiger partial charge in [0, 0.05) is 6.72 Å². The first-order valence-electron chi connectivity index (χ1n) is 4.52. The van der Waals surface area contributed by atoms with Crippen molar-refractivity contribution in [3.63, 3.8) is 0 Å². The van der Waals surface area contributed by atoms with Crippen molar-refractivity contribution in [3.05, 3.63) is 35.4 Å². The van der Waals surface area contributed by atoms with Crippen molar-refractivity contribution in [2.75, 3.05) is 0 Å². The molecule has 0 radical (unpaired) electrons. The zero-order valence-corrected chi connectivity index (χ0v) is 8.82. The van der Waals surface area contributed by atoms with Crippen molar-refractivity contribution in [1.29, 1.82) is 0 Å². The minimum absolute atomic E-state index is 0.509. The van der Waals surface area contributed by atoms with Gasteiger partial charge in [0.15, 0.2) is 0 Å². The monoisotopic (exact) mass is 203 g/mol. The second-order valence-corrected chi connectivity index (χ2v) is 3.09. The molecule has 1 aromatic carbocycles. The van der Waals surface area contributed by atoms with Crippen LogP contribution in [0.2, 0.25) is 0 Å². The summed E-state index contributed by atoms with van der Waals surface area (Å²) >= 11 is 0. The second kappa shape index (κ2) is 5.05. The minimum atomic E-state index is -0.509. The molecule has 15 heavy (non-hydrogen) atoms. The quantitative estimate of drug-likeness (QED) is 0.581. The van der Waals surface area contributed by atoms with E-state index in [2.05, 4.69) is 22.2 Å². The van der Waals surface area contributed by atoms with Crippen molar-refractivity contribution in [2.45, 2.75) is 13.8 Å². The lowest BCUT2D eigenvalue weighted by Crippen LogP contribution is -2.14. The molecular weight excluding hydrogens is 190 g/mol. The highest BCUT2D eigenvalue weighted by Crippen LogP contribution is 2.08. The third-order valence-electron chi connectivity index (χ3n) is 1.98. The number of carbonyl (C=O) groups is 1. The third kappa shape index (κ3) is 3.02. The van der Waals surface area contributed by atoms with Crippen LogP contribution in [0.15, 0.2) is 34.4 Å². The van der Waals surface area contributed by atoms with Crippen LogP contribution in [0.1, 0.15) is 18.1 Å². The first-order valence-corrected chi connectivity index (χ1v) is 4.52. The highest BCUT2D eigenvalue weighted by atomic mass is 16.2. The Bertz CT molecular complexity index is 410. The van der Waals surface area contributed by atoms with E-state index in [1.807, 2.05) is 31.2 Å². The summed E-state index contributed by atoms with van der Waals surface area (Å²) in [5.41, 5.74) is 4.85. The normalized spacial score (nSPS) is 10.9. The van der Waals surface area contributed by atoms with Crippen molar-refractivity contribution in [2.24, 2.45) is 10.1 Å². The lowest BCUT2D eigenvalue weighted by molar-refractivity contribution is 0.250. The van der Waals surface area contributed by atoms with Crippen molar-refractivity contribution >= 4 is 18.5 Å². The van der Waals surface area contributed by atoms with Crippen LogP contribution in [0.25, 0.3) is 0 Å². The zero-order valence-electron chi connectivity index (χ0n) is 8.82. The summed E-state index contributed by atoms with van der Waals surface area (Å²) in [6.45, 7) is 6.90. The molecule has 0 saturated heterocycles. The predicted octanol–water partition coefficient (Wildman–Crippen LogP) is 2.13. The van der Waals surface area contributed by atoms with Crippen molar-refractivity contribution in [1.82, 2.24) is 5.43 Å². The number of aliphatic imine (C=N–C) groups is 1. The Morgan fingerprint density at radius 1 is 1.40 bits per heavy atom. The first kappa shape index (κ1) is 11.1. The average Bonchev–Trinajstić information content (AvgIpc) is 2.18. The van der Waals surface area contributed by atoms with Gasteiger partial charge in [0.1, 0.15) is 0 Å². The summed E-state index contributed by atoms with van der Waals surface area (Å²) in [4.78, 5) is 14.9. The van der Waals surface area contributed by atoms with Gasteiger partial charge in [-0.05, 0) is 25.0 Å². The van der Waals surface area contributed by atoms with Crippen LogP contribution in [0.4, 0.5) is 4.79 Å². The number of benzene rings is 1. The van der Waals surface area contributed by atoms with E-state index in [-0.39, 0.29) is 0 Å². The van der Waals surface area contributed by atoms with E-state index >= 15 is 0 Å². The smallest absolute Gasteiger partial charge is 0.244 e. The summed E-state index contributed by atoms with van der Waals surface area (Å²) in [5, 5.41) is 3.25. The second-order valence-electron chi connectivity index (χ2n) is 3.09. The van der Waals surface area contributed by atoms with Gasteiger partial charge in [-0.25, -0.2) is 10.2 Å². The molecule has 0 bridgehead atoms. The summed E-state index contributed by atoms with van der Waals surface area (Å²) in [6, 6.07) is 7.23. The maximum absolute atomic E-state index is 11.1. The number of carbonyl (C=O) groups excluding carboxylic acids is 1. The summed E-state index contributed by atoms with van der Waals surface area (Å²) in [5.74, 6) is 0. The molecule has 0 heterocycles. The van der Waals surface area contributed by atoms with E-state index in [1.165, 1.54) is 0 Å². The fourth-order valence-corrected chi connectivity index (χ4v) is 1.28. The standard InChI is InChI=1S/C11H13N3O/c1-8-6-4-5-7-10(8)9(2)13-11(15)14-12-3/h4-7H,3H2,1-2H3,(H,14,15)/b13-9+. The molecule has 0 aliphatic rings. The first-order chi connectivity index (χ1) is 7.15. The number of nitrogens with zero attached hydrogens (tertiary/aromatic N) is 2. The van der Waals surface area contributed by atoms with Crippen LogP contribution in [0.3, 0.4) is 0 Å². The van der Waals surface area contributed by atoms with Crippen molar-refractivity contribution < 1.29 is 4.79 Å². The van der Waals surface area contributed by atoms with Crippen LogP contribution in [0, 0.1) is 6.92 Å². The Kier molecular flexibility index (Phi) is 3.74. The number of amides is 2. The number of hydrogen-bond acceptors (Lipinski definition) is 2. The molecule has 0 aliphatic heterocycles. The van der Waals surface area contributed by atoms with Gasteiger partial charge >= 0.3 is 6.03 Å². The molecule has 2 amide bonds. The number of hydrogen-bond donors (Lipinski definition) is 1. The summed E-state index contributed by atoms with van der Waals surface area (Å²) in [7, 11) is 0. The molecule has 1 N–H and O–H groups in total. The van der Waals surface area contributed by atoms with Gasteiger partial charge in [0.25, 0.3) is 0 Å². The Hall–Kier alpha value is -1.97. The largest absolute Gasteiger partial charge is 0.361 e. The maximum atomic E-state index is 11.1. The lowest BCUT2D eigenvalue weighted by atomic mass is 10.1. The van der Waals surface area contributed by atoms with E-state index in [0.29, 0.717) is 5.71 Å².